The van der Waals surface area contributed by atoms with Gasteiger partial charge in [-0.25, -0.2) is 0 Å². The number of aromatic nitrogens is 2. The molecule has 0 radical (unpaired) electrons. The Morgan fingerprint density at radius 3 is 2.84 bits per heavy atom. The van der Waals surface area contributed by atoms with Crippen molar-refractivity contribution in [2.24, 2.45) is 0 Å². The highest BCUT2D eigenvalue weighted by atomic mass is 16.5. The molecule has 7 heteroatoms. The van der Waals surface area contributed by atoms with Gasteiger partial charge in [0.2, 0.25) is 0 Å². The molecule has 132 valence electrons. The van der Waals surface area contributed by atoms with Crippen molar-refractivity contribution in [3.63, 3.8) is 0 Å². The van der Waals surface area contributed by atoms with Crippen LogP contribution in [0.5, 0.6) is 5.75 Å². The Morgan fingerprint density at radius 2 is 2.12 bits per heavy atom. The van der Waals surface area contributed by atoms with Gasteiger partial charge >= 0.3 is 0 Å². The molecule has 1 atom stereocenters. The number of ether oxygens (including phenoxy) is 1. The maximum absolute atomic E-state index is 12.4. The molecule has 1 aromatic heterocycles. The first-order valence-electron chi connectivity index (χ1n) is 8.68. The summed E-state index contributed by atoms with van der Waals surface area (Å²) in [6.07, 6.45) is 0. The van der Waals surface area contributed by atoms with Gasteiger partial charge in [-0.15, -0.1) is 0 Å². The minimum absolute atomic E-state index is 0.119. The van der Waals surface area contributed by atoms with Crippen molar-refractivity contribution < 1.29 is 9.53 Å². The molecule has 7 nitrogen and oxygen atoms in total. The van der Waals surface area contributed by atoms with Crippen molar-refractivity contribution in [2.45, 2.75) is 6.04 Å². The lowest BCUT2D eigenvalue weighted by molar-refractivity contribution is 0.0138. The highest BCUT2D eigenvalue weighted by Crippen LogP contribution is 2.28. The molecule has 2 aromatic rings. The van der Waals surface area contributed by atoms with E-state index in [4.69, 9.17) is 4.74 Å². The van der Waals surface area contributed by atoms with Crippen LogP contribution < -0.4 is 10.1 Å². The van der Waals surface area contributed by atoms with Crippen molar-refractivity contribution in [1.29, 1.82) is 0 Å². The number of hydrogen-bond acceptors (Lipinski definition) is 5. The first kappa shape index (κ1) is 16.1. The highest BCUT2D eigenvalue weighted by Gasteiger charge is 2.31. The molecule has 1 unspecified atom stereocenters. The minimum Gasteiger partial charge on any atom is -0.496 e. The minimum atomic E-state index is -0.119. The second-order valence-electron chi connectivity index (χ2n) is 6.57. The summed E-state index contributed by atoms with van der Waals surface area (Å²) in [5, 5.41) is 10.1. The average Bonchev–Trinajstić information content (AvgIpc) is 3.17. The van der Waals surface area contributed by atoms with Crippen molar-refractivity contribution in [3.05, 3.63) is 36.0 Å². The topological polar surface area (TPSA) is 73.5 Å². The molecule has 0 aliphatic carbocycles. The van der Waals surface area contributed by atoms with Gasteiger partial charge in [-0.3, -0.25) is 19.7 Å². The maximum Gasteiger partial charge on any atom is 0.269 e. The van der Waals surface area contributed by atoms with Gasteiger partial charge < -0.3 is 10.1 Å². The zero-order valence-corrected chi connectivity index (χ0v) is 14.4. The Morgan fingerprint density at radius 1 is 1.32 bits per heavy atom. The Hall–Kier alpha value is -2.38. The number of aromatic amines is 1. The number of methoxy groups -OCH3 is 1. The van der Waals surface area contributed by atoms with Gasteiger partial charge in [-0.05, 0) is 18.2 Å². The van der Waals surface area contributed by atoms with Crippen molar-refractivity contribution >= 4 is 5.91 Å². The predicted molar refractivity (Wildman–Crippen MR) is 94.7 cm³/mol. The largest absolute Gasteiger partial charge is 0.496 e. The summed E-state index contributed by atoms with van der Waals surface area (Å²) in [4.78, 5) is 17.4. The molecule has 5 rings (SSSR count). The van der Waals surface area contributed by atoms with Crippen molar-refractivity contribution in [3.8, 4) is 17.0 Å². The Kier molecular flexibility index (Phi) is 4.42. The van der Waals surface area contributed by atoms with E-state index in [0.29, 0.717) is 24.0 Å². The predicted octanol–water partition coefficient (Wildman–Crippen LogP) is 0.815. The highest BCUT2D eigenvalue weighted by molar-refractivity contribution is 5.93. The number of rotatable bonds is 5. The zero-order valence-electron chi connectivity index (χ0n) is 14.4. The molecule has 3 fully saturated rings. The molecule has 0 spiro atoms. The van der Waals surface area contributed by atoms with E-state index in [1.807, 2.05) is 24.3 Å². The molecule has 0 saturated carbocycles. The third-order valence-electron chi connectivity index (χ3n) is 5.10. The molecule has 3 saturated heterocycles. The van der Waals surface area contributed by atoms with Crippen LogP contribution in [0.4, 0.5) is 0 Å². The van der Waals surface area contributed by atoms with Crippen LogP contribution >= 0.6 is 0 Å². The lowest BCUT2D eigenvalue weighted by atomic mass is 10.1. The summed E-state index contributed by atoms with van der Waals surface area (Å²) < 4.78 is 5.36. The van der Waals surface area contributed by atoms with E-state index in [9.17, 15) is 4.79 Å². The molecule has 3 aliphatic rings. The van der Waals surface area contributed by atoms with E-state index in [-0.39, 0.29) is 5.91 Å². The Labute approximate surface area is 147 Å². The number of para-hydroxylation sites is 1. The van der Waals surface area contributed by atoms with Gasteiger partial charge in [-0.2, -0.15) is 5.10 Å². The van der Waals surface area contributed by atoms with Gasteiger partial charge in [-0.1, -0.05) is 12.1 Å². The normalized spacial score (nSPS) is 24.9. The van der Waals surface area contributed by atoms with Crippen LogP contribution in [0.1, 0.15) is 10.5 Å². The van der Waals surface area contributed by atoms with Gasteiger partial charge in [0, 0.05) is 50.9 Å². The maximum atomic E-state index is 12.4. The number of piperazine rings is 3. The van der Waals surface area contributed by atoms with E-state index in [2.05, 4.69) is 25.3 Å². The van der Waals surface area contributed by atoms with Crippen LogP contribution in [0.3, 0.4) is 0 Å². The lowest BCUT2D eigenvalue weighted by Gasteiger charge is -2.47. The SMILES string of the molecule is COc1ccccc1-c1cc(C(=O)NCC2CN3CCN2CC3)[nH]n1. The number of H-pyrrole nitrogens is 1. The fraction of sp³-hybridized carbons (Fsp3) is 0.444. The van der Waals surface area contributed by atoms with E-state index in [1.54, 1.807) is 13.2 Å². The number of nitrogens with one attached hydrogen (secondary N) is 2. The van der Waals surface area contributed by atoms with Crippen LogP contribution in [0.15, 0.2) is 30.3 Å². The zero-order chi connectivity index (χ0) is 17.2. The van der Waals surface area contributed by atoms with Crippen LogP contribution in [-0.4, -0.2) is 78.3 Å². The monoisotopic (exact) mass is 341 g/mol. The summed E-state index contributed by atoms with van der Waals surface area (Å²) in [6.45, 7) is 6.19. The molecular weight excluding hydrogens is 318 g/mol. The standard InChI is InChI=1S/C18H23N5O2/c1-25-17-5-3-2-4-14(17)15-10-16(21-20-15)18(24)19-11-13-12-22-6-8-23(13)9-7-22/h2-5,10,13H,6-9,11-12H2,1H3,(H,19,24)(H,20,21). The second-order valence-corrected chi connectivity index (χ2v) is 6.57. The van der Waals surface area contributed by atoms with Crippen LogP contribution in [0, 0.1) is 0 Å². The molecule has 1 amide bonds. The third-order valence-corrected chi connectivity index (χ3v) is 5.10. The van der Waals surface area contributed by atoms with Crippen LogP contribution in [0.25, 0.3) is 11.3 Å². The van der Waals surface area contributed by atoms with Crippen LogP contribution in [0.2, 0.25) is 0 Å². The Bertz CT molecular complexity index is 751. The van der Waals surface area contributed by atoms with Crippen LogP contribution in [-0.2, 0) is 0 Å². The molecule has 3 aliphatic heterocycles. The number of nitrogens with zero attached hydrogens (tertiary/aromatic N) is 3. The number of hydrogen-bond donors (Lipinski definition) is 2. The number of carbonyl (C=O) groups is 1. The first-order chi connectivity index (χ1) is 12.2. The molecule has 4 heterocycles. The summed E-state index contributed by atoms with van der Waals surface area (Å²) >= 11 is 0. The number of fused-ring (bicyclic) bond motifs is 3. The molecular formula is C18H23N5O2. The fourth-order valence-electron chi connectivity index (χ4n) is 3.66. The first-order valence-corrected chi connectivity index (χ1v) is 8.68. The van der Waals surface area contributed by atoms with E-state index < -0.39 is 0 Å². The van der Waals surface area contributed by atoms with Gasteiger partial charge in [0.15, 0.2) is 0 Å². The molecule has 1 aromatic carbocycles. The van der Waals surface area contributed by atoms with Crippen molar-refractivity contribution in [1.82, 2.24) is 25.3 Å². The number of amides is 1. The summed E-state index contributed by atoms with van der Waals surface area (Å²) in [7, 11) is 1.63. The lowest BCUT2D eigenvalue weighted by Crippen LogP contribution is -2.63. The van der Waals surface area contributed by atoms with E-state index in [0.717, 1.165) is 44.0 Å². The van der Waals surface area contributed by atoms with Crippen molar-refractivity contribution in [2.75, 3.05) is 46.4 Å². The number of carbonyl (C=O) groups excluding carboxylic acids is 1. The molecule has 25 heavy (non-hydrogen) atoms. The van der Waals surface area contributed by atoms with Gasteiger partial charge in [0.05, 0.1) is 12.8 Å². The van der Waals surface area contributed by atoms with Gasteiger partial charge in [0.1, 0.15) is 11.4 Å². The fourth-order valence-corrected chi connectivity index (χ4v) is 3.66. The quantitative estimate of drug-likeness (QED) is 0.842. The number of benzene rings is 1. The second kappa shape index (κ2) is 6.85. The Balaban J connectivity index is 1.41. The summed E-state index contributed by atoms with van der Waals surface area (Å²) in [5.74, 6) is 0.618. The smallest absolute Gasteiger partial charge is 0.269 e. The average molecular weight is 341 g/mol. The van der Waals surface area contributed by atoms with E-state index in [1.165, 1.54) is 0 Å². The molecule has 2 bridgehead atoms. The van der Waals surface area contributed by atoms with Gasteiger partial charge in [0.25, 0.3) is 5.91 Å². The van der Waals surface area contributed by atoms with E-state index >= 15 is 0 Å². The molecule has 2 N–H and O–H groups in total. The summed E-state index contributed by atoms with van der Waals surface area (Å²) in [6, 6.07) is 9.82. The summed E-state index contributed by atoms with van der Waals surface area (Å²) in [5.41, 5.74) is 2.04. The third kappa shape index (κ3) is 3.25.